The van der Waals surface area contributed by atoms with Crippen molar-refractivity contribution >= 4 is 0 Å². The van der Waals surface area contributed by atoms with Crippen LogP contribution in [0.4, 0.5) is 0 Å². The van der Waals surface area contributed by atoms with Gasteiger partial charge < -0.3 is 14.4 Å². The maximum absolute atomic E-state index is 9.18. The Bertz CT molecular complexity index is 741. The number of aliphatic hydroxyl groups excluding tert-OH is 1. The van der Waals surface area contributed by atoms with Crippen molar-refractivity contribution in [3.8, 4) is 33.8 Å². The molecule has 1 N–H and O–H groups in total. The Morgan fingerprint density at radius 3 is 1.81 bits per heavy atom. The molecular formula is C18H15NO2. The van der Waals surface area contributed by atoms with Crippen LogP contribution in [0.25, 0.3) is 22.3 Å². The first-order valence-corrected chi connectivity index (χ1v) is 7.04. The highest BCUT2D eigenvalue weighted by Gasteiger charge is 2.21. The van der Waals surface area contributed by atoms with E-state index in [0.717, 1.165) is 33.8 Å². The highest BCUT2D eigenvalue weighted by molar-refractivity contribution is 5.90. The second-order valence-electron chi connectivity index (χ2n) is 5.14. The lowest BCUT2D eigenvalue weighted by atomic mass is 9.99. The normalized spacial score (nSPS) is 11.9. The second-order valence-corrected chi connectivity index (χ2v) is 5.14. The van der Waals surface area contributed by atoms with Gasteiger partial charge in [0.05, 0.1) is 6.61 Å². The van der Waals surface area contributed by atoms with Crippen molar-refractivity contribution in [2.75, 3.05) is 6.61 Å². The lowest BCUT2D eigenvalue weighted by molar-refractivity contribution is 0.276. The van der Waals surface area contributed by atoms with E-state index in [1.165, 1.54) is 0 Å². The van der Waals surface area contributed by atoms with Gasteiger partial charge in [0.25, 0.3) is 0 Å². The highest BCUT2D eigenvalue weighted by Crippen LogP contribution is 2.46. The molecule has 0 saturated heterocycles. The van der Waals surface area contributed by atoms with Crippen LogP contribution < -0.4 is 4.74 Å². The van der Waals surface area contributed by atoms with Gasteiger partial charge in [-0.25, -0.2) is 0 Å². The van der Waals surface area contributed by atoms with Crippen molar-refractivity contribution in [1.29, 1.82) is 0 Å². The number of rotatable bonds is 2. The first-order valence-electron chi connectivity index (χ1n) is 7.04. The molecular weight excluding hydrogens is 262 g/mol. The molecule has 4 rings (SSSR count). The molecule has 0 radical (unpaired) electrons. The van der Waals surface area contributed by atoms with Gasteiger partial charge in [-0.3, -0.25) is 0 Å². The van der Waals surface area contributed by atoms with Crippen LogP contribution in [0.1, 0.15) is 0 Å². The summed E-state index contributed by atoms with van der Waals surface area (Å²) in [7, 11) is 0. The molecule has 0 bridgehead atoms. The summed E-state index contributed by atoms with van der Waals surface area (Å²) in [5.41, 5.74) is 4.45. The third-order valence-electron chi connectivity index (χ3n) is 3.81. The summed E-state index contributed by atoms with van der Waals surface area (Å²) >= 11 is 0. The number of aromatic nitrogens is 1. The van der Waals surface area contributed by atoms with Crippen LogP contribution in [-0.2, 0) is 6.54 Å². The topological polar surface area (TPSA) is 34.4 Å². The zero-order chi connectivity index (χ0) is 14.2. The van der Waals surface area contributed by atoms with E-state index in [2.05, 4.69) is 24.5 Å². The molecule has 3 aromatic rings. The quantitative estimate of drug-likeness (QED) is 0.602. The zero-order valence-corrected chi connectivity index (χ0v) is 11.5. The minimum Gasteiger partial charge on any atom is -0.456 e. The molecule has 0 fully saturated rings. The number of hydrogen-bond acceptors (Lipinski definition) is 2. The summed E-state index contributed by atoms with van der Waals surface area (Å²) in [6.45, 7) is 0.728. The average Bonchev–Trinajstić information content (AvgIpc) is 2.87. The summed E-state index contributed by atoms with van der Waals surface area (Å²) in [6.07, 6.45) is 4.16. The van der Waals surface area contributed by atoms with Crippen LogP contribution in [0.2, 0.25) is 0 Å². The number of hydrogen-bond donors (Lipinski definition) is 1. The van der Waals surface area contributed by atoms with Crippen molar-refractivity contribution < 1.29 is 9.84 Å². The molecule has 3 nitrogen and oxygen atoms in total. The van der Waals surface area contributed by atoms with E-state index in [0.29, 0.717) is 6.54 Å². The average molecular weight is 277 g/mol. The first kappa shape index (κ1) is 12.2. The smallest absolute Gasteiger partial charge is 0.135 e. The third kappa shape index (κ3) is 1.94. The molecule has 0 atom stereocenters. The van der Waals surface area contributed by atoms with E-state index in [-0.39, 0.29) is 6.61 Å². The predicted molar refractivity (Wildman–Crippen MR) is 82.5 cm³/mol. The second kappa shape index (κ2) is 4.79. The van der Waals surface area contributed by atoms with Crippen LogP contribution in [0.5, 0.6) is 11.5 Å². The van der Waals surface area contributed by atoms with Gasteiger partial charge in [-0.05, 0) is 12.1 Å². The standard InChI is InChI=1S/C18H15NO2/c20-10-9-19-11-15-13-5-1-3-7-17(13)21-18-8-4-2-6-14(18)16(15)12-19/h1-8,11-12,20H,9-10H2. The molecule has 0 amide bonds. The lowest BCUT2D eigenvalue weighted by Crippen LogP contribution is -1.98. The van der Waals surface area contributed by atoms with Crippen LogP contribution in [-0.4, -0.2) is 16.3 Å². The summed E-state index contributed by atoms with van der Waals surface area (Å²) in [5, 5.41) is 9.18. The Kier molecular flexibility index (Phi) is 2.79. The summed E-state index contributed by atoms with van der Waals surface area (Å²) < 4.78 is 8.12. The van der Waals surface area contributed by atoms with Crippen molar-refractivity contribution in [3.05, 3.63) is 60.9 Å². The van der Waals surface area contributed by atoms with E-state index in [4.69, 9.17) is 4.74 Å². The van der Waals surface area contributed by atoms with Gasteiger partial charge in [0.1, 0.15) is 11.5 Å². The maximum atomic E-state index is 9.18. The first-order chi connectivity index (χ1) is 10.4. The van der Waals surface area contributed by atoms with E-state index in [1.54, 1.807) is 0 Å². The van der Waals surface area contributed by atoms with Gasteiger partial charge >= 0.3 is 0 Å². The lowest BCUT2D eigenvalue weighted by Gasteiger charge is -2.09. The number of fused-ring (bicyclic) bond motifs is 5. The number of nitrogens with zero attached hydrogens (tertiary/aromatic N) is 1. The summed E-state index contributed by atoms with van der Waals surface area (Å²) in [6, 6.07) is 16.1. The van der Waals surface area contributed by atoms with E-state index in [1.807, 2.05) is 41.0 Å². The SMILES string of the molecule is OCCn1cc2c(c1)-c1ccccc1Oc1ccccc1-2. The van der Waals surface area contributed by atoms with Crippen LogP contribution >= 0.6 is 0 Å². The highest BCUT2D eigenvalue weighted by atomic mass is 16.5. The molecule has 0 unspecified atom stereocenters. The minimum absolute atomic E-state index is 0.132. The molecule has 1 aliphatic heterocycles. The van der Waals surface area contributed by atoms with Crippen LogP contribution in [0, 0.1) is 0 Å². The van der Waals surface area contributed by atoms with Gasteiger partial charge in [0.2, 0.25) is 0 Å². The van der Waals surface area contributed by atoms with E-state index in [9.17, 15) is 5.11 Å². The Hall–Kier alpha value is -2.52. The van der Waals surface area contributed by atoms with Gasteiger partial charge in [-0.15, -0.1) is 0 Å². The monoisotopic (exact) mass is 277 g/mol. The van der Waals surface area contributed by atoms with Crippen LogP contribution in [0.15, 0.2) is 60.9 Å². The molecule has 2 heterocycles. The number of para-hydroxylation sites is 2. The number of aliphatic hydroxyl groups is 1. The molecule has 21 heavy (non-hydrogen) atoms. The minimum atomic E-state index is 0.132. The number of benzene rings is 2. The predicted octanol–water partition coefficient (Wildman–Crippen LogP) is 3.92. The third-order valence-corrected chi connectivity index (χ3v) is 3.81. The zero-order valence-electron chi connectivity index (χ0n) is 11.5. The maximum Gasteiger partial charge on any atom is 0.135 e. The van der Waals surface area contributed by atoms with Crippen molar-refractivity contribution in [2.45, 2.75) is 6.54 Å². The van der Waals surface area contributed by atoms with Crippen LogP contribution in [0.3, 0.4) is 0 Å². The molecule has 1 aliphatic rings. The van der Waals surface area contributed by atoms with Gasteiger partial charge in [-0.1, -0.05) is 36.4 Å². The van der Waals surface area contributed by atoms with Crippen molar-refractivity contribution in [2.24, 2.45) is 0 Å². The van der Waals surface area contributed by atoms with E-state index < -0.39 is 0 Å². The molecule has 0 spiro atoms. The Balaban J connectivity index is 2.02. The fourth-order valence-electron chi connectivity index (χ4n) is 2.86. The molecule has 104 valence electrons. The van der Waals surface area contributed by atoms with Gasteiger partial charge in [-0.2, -0.15) is 0 Å². The molecule has 0 saturated carbocycles. The fourth-order valence-corrected chi connectivity index (χ4v) is 2.86. The molecule has 3 heteroatoms. The summed E-state index contributed by atoms with van der Waals surface area (Å²) in [5.74, 6) is 1.73. The van der Waals surface area contributed by atoms with Gasteiger partial charge in [0, 0.05) is 41.2 Å². The molecule has 2 aromatic carbocycles. The Labute approximate surface area is 123 Å². The Morgan fingerprint density at radius 1 is 0.762 bits per heavy atom. The van der Waals surface area contributed by atoms with Crippen molar-refractivity contribution in [3.63, 3.8) is 0 Å². The van der Waals surface area contributed by atoms with Gasteiger partial charge in [0.15, 0.2) is 0 Å². The van der Waals surface area contributed by atoms with Crippen molar-refractivity contribution in [1.82, 2.24) is 4.57 Å². The molecule has 1 aromatic heterocycles. The largest absolute Gasteiger partial charge is 0.456 e. The number of ether oxygens (including phenoxy) is 1. The van der Waals surface area contributed by atoms with E-state index >= 15 is 0 Å². The molecule has 0 aliphatic carbocycles. The fraction of sp³-hybridized carbons (Fsp3) is 0.111. The Morgan fingerprint density at radius 2 is 1.29 bits per heavy atom. The summed E-state index contributed by atoms with van der Waals surface area (Å²) in [4.78, 5) is 0.